The van der Waals surface area contributed by atoms with Gasteiger partial charge in [-0.15, -0.1) is 0 Å². The molecule has 11 nitrogen and oxygen atoms in total. The molecule has 0 unspecified atom stereocenters. The molecule has 0 fully saturated rings. The van der Waals surface area contributed by atoms with Crippen LogP contribution in [0.3, 0.4) is 0 Å². The number of carbonyl (C=O) groups excluding carboxylic acids is 4. The molecule has 28 heavy (non-hydrogen) atoms. The van der Waals surface area contributed by atoms with E-state index < -0.39 is 35.3 Å². The zero-order valence-electron chi connectivity index (χ0n) is 14.5. The molecule has 0 bridgehead atoms. The largest absolute Gasteiger partial charge is 0.857 e. The first-order valence-electron chi connectivity index (χ1n) is 6.83. The maximum absolute atomic E-state index is 10.9. The van der Waals surface area contributed by atoms with Gasteiger partial charge in [0.2, 0.25) is 0 Å². The fraction of sp³-hybridized carbons (Fsp3) is 0.125. The number of aromatic carboxylic acids is 3. The molecule has 2 heterocycles. The van der Waals surface area contributed by atoms with Gasteiger partial charge in [0.1, 0.15) is 5.69 Å². The van der Waals surface area contributed by atoms with Crippen molar-refractivity contribution in [1.29, 1.82) is 0 Å². The quantitative estimate of drug-likeness (QED) is 0.248. The van der Waals surface area contributed by atoms with E-state index in [4.69, 9.17) is 5.11 Å². The molecule has 2 aromatic heterocycles. The normalized spacial score (nSPS) is 8.54. The van der Waals surface area contributed by atoms with Gasteiger partial charge >= 0.3 is 5.97 Å². The second-order valence-electron chi connectivity index (χ2n) is 4.17. The van der Waals surface area contributed by atoms with Gasteiger partial charge in [-0.3, -0.25) is 0 Å². The van der Waals surface area contributed by atoms with E-state index in [-0.39, 0.29) is 37.6 Å². The predicted molar refractivity (Wildman–Crippen MR) is 84.5 cm³/mol. The van der Waals surface area contributed by atoms with E-state index in [9.17, 15) is 34.5 Å². The van der Waals surface area contributed by atoms with Crippen molar-refractivity contribution < 1.29 is 44.3 Å². The van der Waals surface area contributed by atoms with Crippen molar-refractivity contribution in [3.63, 3.8) is 0 Å². The topological polar surface area (TPSA) is 196 Å². The Hall–Kier alpha value is -2.98. The minimum absolute atomic E-state index is 0. The number of hydrogen-bond acceptors (Lipinski definition) is 11. The van der Waals surface area contributed by atoms with Gasteiger partial charge < -0.3 is 39.5 Å². The van der Waals surface area contributed by atoms with E-state index >= 15 is 0 Å². The third kappa shape index (κ3) is 9.10. The van der Waals surface area contributed by atoms with Crippen molar-refractivity contribution in [3.05, 3.63) is 59.2 Å². The van der Waals surface area contributed by atoms with Gasteiger partial charge in [0.25, 0.3) is 0 Å². The van der Waals surface area contributed by atoms with Gasteiger partial charge in [-0.1, -0.05) is 12.1 Å². The predicted octanol–water partition coefficient (Wildman–Crippen LogP) is -4.36. The number of nitrogens with zero attached hydrogens (tertiary/aromatic N) is 2. The molecule has 0 aliphatic carbocycles. The van der Waals surface area contributed by atoms with E-state index in [0.717, 1.165) is 19.2 Å². The average Bonchev–Trinajstić information content (AvgIpc) is 2.69. The number of methoxy groups -OCH3 is 1. The number of esters is 1. The molecule has 0 aliphatic rings. The van der Waals surface area contributed by atoms with Crippen LogP contribution in [-0.2, 0) is 4.74 Å². The maximum Gasteiger partial charge on any atom is 0.356 e. The van der Waals surface area contributed by atoms with Crippen LogP contribution in [0.4, 0.5) is 0 Å². The molecule has 0 aromatic carbocycles. The molecule has 0 spiro atoms. The molecule has 0 aliphatic heterocycles. The van der Waals surface area contributed by atoms with Crippen LogP contribution >= 0.6 is 0 Å². The minimum Gasteiger partial charge on any atom is -0.857 e. The van der Waals surface area contributed by atoms with Crippen LogP contribution in [0.2, 0.25) is 0 Å². The van der Waals surface area contributed by atoms with E-state index in [1.807, 2.05) is 0 Å². The van der Waals surface area contributed by atoms with Crippen molar-refractivity contribution in [2.45, 2.75) is 0 Å². The van der Waals surface area contributed by atoms with E-state index in [2.05, 4.69) is 14.7 Å². The average molecular weight is 585 g/mol. The summed E-state index contributed by atoms with van der Waals surface area (Å²) in [5.41, 5.74) is -1.18. The standard InChI is InChI=1S/C8H7NO4.C7H5NO4.CH3O.Bi/c1-13-8(12)6-4-2-3-5(9-6)7(10)11;9-6(10)4-2-1-3-5(8-4)7(11)12;1-2;/h2-4H,1H3,(H,10,11);1-3H,(H,9,10)(H,11,12);1H3;/q;;-1;/p-3. The molecule has 12 heteroatoms. The van der Waals surface area contributed by atoms with Crippen LogP contribution in [-0.4, -0.2) is 74.3 Å². The summed E-state index contributed by atoms with van der Waals surface area (Å²) in [5.74, 6) is -5.13. The van der Waals surface area contributed by atoms with Crippen LogP contribution < -0.4 is 20.4 Å². The summed E-state index contributed by atoms with van der Waals surface area (Å²) in [6, 6.07) is 7.53. The Morgan fingerprint density at radius 3 is 1.29 bits per heavy atom. The number of hydrogen-bond donors (Lipinski definition) is 0. The molecule has 2 aromatic rings. The summed E-state index contributed by atoms with van der Waals surface area (Å²) in [4.78, 5) is 48.4. The molecule has 2 rings (SSSR count). The molecule has 0 N–H and O–H groups in total. The Labute approximate surface area is 177 Å². The molecule has 0 atom stereocenters. The summed E-state index contributed by atoms with van der Waals surface area (Å²) in [7, 11) is 1.94. The monoisotopic (exact) mass is 585 g/mol. The smallest absolute Gasteiger partial charge is 0.356 e. The summed E-state index contributed by atoms with van der Waals surface area (Å²) < 4.78 is 4.36. The van der Waals surface area contributed by atoms with Crippen molar-refractivity contribution in [2.24, 2.45) is 0 Å². The van der Waals surface area contributed by atoms with Gasteiger partial charge in [-0.25, -0.2) is 14.8 Å². The first kappa shape index (κ1) is 27.2. The second kappa shape index (κ2) is 14.1. The number of aromatic nitrogens is 2. The SMILES string of the molecule is COC(=O)c1cccc(C(=O)[O-])n1.C[O-].O=C([O-])c1cccc(C(=O)[O-])n1.[Bi]. The van der Waals surface area contributed by atoms with Crippen molar-refractivity contribution >= 4 is 50.1 Å². The number of ether oxygens (including phenoxy) is 1. The molecule has 0 amide bonds. The summed E-state index contributed by atoms with van der Waals surface area (Å²) in [6.07, 6.45) is 0. The van der Waals surface area contributed by atoms with E-state index in [1.165, 1.54) is 31.4 Å². The Kier molecular flexibility index (Phi) is 13.7. The van der Waals surface area contributed by atoms with Crippen LogP contribution in [0, 0.1) is 0 Å². The molecular formula is C16H12BiN2O9-4. The number of rotatable bonds is 4. The molecule has 3 radical (unpaired) electrons. The second-order valence-corrected chi connectivity index (χ2v) is 4.17. The number of carbonyl (C=O) groups is 4. The number of carboxylic acids is 3. The van der Waals surface area contributed by atoms with Crippen LogP contribution in [0.5, 0.6) is 0 Å². The van der Waals surface area contributed by atoms with Gasteiger partial charge in [0.05, 0.1) is 42.1 Å². The van der Waals surface area contributed by atoms with Crippen molar-refractivity contribution in [1.82, 2.24) is 9.97 Å². The van der Waals surface area contributed by atoms with Gasteiger partial charge in [0.15, 0.2) is 0 Å². The van der Waals surface area contributed by atoms with Crippen molar-refractivity contribution in [3.8, 4) is 0 Å². The molecule has 0 saturated heterocycles. The molecule has 149 valence electrons. The first-order valence-corrected chi connectivity index (χ1v) is 6.83. The summed E-state index contributed by atoms with van der Waals surface area (Å²) in [5, 5.41) is 39.0. The third-order valence-electron chi connectivity index (χ3n) is 2.52. The zero-order valence-corrected chi connectivity index (χ0v) is 18.0. The third-order valence-corrected chi connectivity index (χ3v) is 2.52. The zero-order chi connectivity index (χ0) is 21.0. The minimum atomic E-state index is -1.52. The van der Waals surface area contributed by atoms with Gasteiger partial charge in [0, 0.05) is 26.2 Å². The Bertz CT molecular complexity index is 798. The number of carboxylic acid groups (broad SMARTS) is 3. The maximum atomic E-state index is 10.9. The Balaban J connectivity index is 0. The Morgan fingerprint density at radius 2 is 1.00 bits per heavy atom. The first-order chi connectivity index (χ1) is 12.8. The molecule has 0 saturated carbocycles. The molecular weight excluding hydrogens is 573 g/mol. The van der Waals surface area contributed by atoms with E-state index in [1.54, 1.807) is 0 Å². The van der Waals surface area contributed by atoms with Crippen LogP contribution in [0.1, 0.15) is 42.0 Å². The van der Waals surface area contributed by atoms with Crippen molar-refractivity contribution in [2.75, 3.05) is 14.2 Å². The van der Waals surface area contributed by atoms with Gasteiger partial charge in [-0.05, 0) is 24.3 Å². The number of pyridine rings is 2. The fourth-order valence-electron chi connectivity index (χ4n) is 1.43. The van der Waals surface area contributed by atoms with E-state index in [0.29, 0.717) is 0 Å². The van der Waals surface area contributed by atoms with Crippen LogP contribution in [0.15, 0.2) is 36.4 Å². The van der Waals surface area contributed by atoms with Crippen LogP contribution in [0.25, 0.3) is 0 Å². The fourth-order valence-corrected chi connectivity index (χ4v) is 1.43. The van der Waals surface area contributed by atoms with Gasteiger partial charge in [-0.2, -0.15) is 7.11 Å². The Morgan fingerprint density at radius 1 is 0.714 bits per heavy atom. The summed E-state index contributed by atoms with van der Waals surface area (Å²) >= 11 is 0. The summed E-state index contributed by atoms with van der Waals surface area (Å²) in [6.45, 7) is 0.